The van der Waals surface area contributed by atoms with Crippen molar-refractivity contribution in [3.05, 3.63) is 12.1 Å². The number of thioether (sulfide) groups is 1. The van der Waals surface area contributed by atoms with Crippen molar-refractivity contribution in [2.75, 3.05) is 71.7 Å². The molecule has 2 aliphatic rings. The summed E-state index contributed by atoms with van der Waals surface area (Å²) in [6, 6.07) is 2.67. The largest absolute Gasteiger partial charge is 0.492 e. The molecular weight excluding hydrogens is 614 g/mol. The van der Waals surface area contributed by atoms with E-state index in [1.807, 2.05) is 11.8 Å². The molecule has 0 aliphatic carbocycles. The number of amides is 4. The molecule has 2 fully saturated rings. The fraction of sp³-hybridized carbons (Fsp3) is 0.714. The molecule has 0 bridgehead atoms. The van der Waals surface area contributed by atoms with Gasteiger partial charge in [0.1, 0.15) is 13.2 Å². The van der Waals surface area contributed by atoms with Crippen molar-refractivity contribution in [3.8, 4) is 11.8 Å². The Morgan fingerprint density at radius 3 is 2.11 bits per heavy atom. The van der Waals surface area contributed by atoms with E-state index >= 15 is 0 Å². The van der Waals surface area contributed by atoms with Crippen LogP contribution in [-0.2, 0) is 33.3 Å². The molecule has 3 heterocycles. The predicted octanol–water partition coefficient (Wildman–Crippen LogP) is -0.341. The van der Waals surface area contributed by atoms with Crippen LogP contribution in [0.4, 0.5) is 4.79 Å². The average molecular weight is 660 g/mol. The number of carbonyl (C=O) groups excluding carboxylic acids is 4. The molecular formula is C28H45N5O11S. The van der Waals surface area contributed by atoms with Gasteiger partial charge in [0.2, 0.25) is 23.6 Å². The van der Waals surface area contributed by atoms with Gasteiger partial charge in [0.15, 0.2) is 0 Å². The van der Waals surface area contributed by atoms with Gasteiger partial charge in [0, 0.05) is 55.9 Å². The summed E-state index contributed by atoms with van der Waals surface area (Å²) < 4.78 is 21.9. The van der Waals surface area contributed by atoms with Crippen molar-refractivity contribution in [2.45, 2.75) is 55.9 Å². The van der Waals surface area contributed by atoms with E-state index in [0.29, 0.717) is 75.6 Å². The Labute approximate surface area is 266 Å². The fourth-order valence-electron chi connectivity index (χ4n) is 4.61. The summed E-state index contributed by atoms with van der Waals surface area (Å²) in [6.45, 7) is 2.73. The van der Waals surface area contributed by atoms with E-state index in [2.05, 4.69) is 21.3 Å². The number of fused-ring (bicyclic) bond motifs is 1. The number of aromatic nitrogens is 1. The Balaban J connectivity index is 0.998. The molecule has 6 N–H and O–H groups in total. The van der Waals surface area contributed by atoms with Crippen molar-refractivity contribution >= 4 is 35.6 Å². The standard InChI is InChI=1S/C28H45N5O11S/c34-22(6-2-1-5-21-27-20(19-45-21)31-28(39)32-27)29-9-3-11-40-13-15-42-16-14-41-12-4-10-30-23(35)17-43-18-26(38)44-33-24(36)7-8-25(33)37/h7-8,20-21,27,36-37H,1-6,9-19H2,(H,29,34)(H,30,35)(H2,31,32,39). The van der Waals surface area contributed by atoms with Crippen LogP contribution in [0.2, 0.25) is 0 Å². The van der Waals surface area contributed by atoms with Crippen LogP contribution in [0.5, 0.6) is 11.8 Å². The van der Waals surface area contributed by atoms with Crippen molar-refractivity contribution in [1.82, 2.24) is 26.0 Å². The summed E-state index contributed by atoms with van der Waals surface area (Å²) in [4.78, 5) is 51.5. The zero-order chi connectivity index (χ0) is 32.3. The molecule has 4 amide bonds. The molecule has 0 spiro atoms. The number of unbranched alkanes of at least 4 members (excludes halogenated alkanes) is 1. The van der Waals surface area contributed by atoms with Crippen molar-refractivity contribution < 1.29 is 53.2 Å². The van der Waals surface area contributed by atoms with Gasteiger partial charge in [0.25, 0.3) is 0 Å². The molecule has 16 nitrogen and oxygen atoms in total. The van der Waals surface area contributed by atoms with E-state index in [0.717, 1.165) is 43.6 Å². The Bertz CT molecular complexity index is 1060. The molecule has 3 rings (SSSR count). The molecule has 3 atom stereocenters. The Hall–Kier alpha value is -3.25. The van der Waals surface area contributed by atoms with Gasteiger partial charge in [-0.25, -0.2) is 9.59 Å². The first-order valence-corrected chi connectivity index (χ1v) is 16.2. The van der Waals surface area contributed by atoms with Crippen molar-refractivity contribution in [2.24, 2.45) is 0 Å². The van der Waals surface area contributed by atoms with Crippen LogP contribution in [0.1, 0.15) is 38.5 Å². The first kappa shape index (κ1) is 36.2. The second-order valence-electron chi connectivity index (χ2n) is 10.4. The van der Waals surface area contributed by atoms with Crippen LogP contribution in [0, 0.1) is 0 Å². The average Bonchev–Trinajstić information content (AvgIpc) is 3.67. The molecule has 0 saturated carbocycles. The van der Waals surface area contributed by atoms with Crippen LogP contribution in [0.15, 0.2) is 12.1 Å². The van der Waals surface area contributed by atoms with Gasteiger partial charge in [-0.1, -0.05) is 6.42 Å². The molecule has 0 radical (unpaired) electrons. The Morgan fingerprint density at radius 1 is 0.822 bits per heavy atom. The van der Waals surface area contributed by atoms with Gasteiger partial charge in [-0.15, -0.1) is 4.73 Å². The van der Waals surface area contributed by atoms with E-state index in [1.54, 1.807) is 0 Å². The Kier molecular flexibility index (Phi) is 16.7. The molecule has 1 aromatic heterocycles. The van der Waals surface area contributed by atoms with Gasteiger partial charge in [-0.05, 0) is 25.7 Å². The molecule has 254 valence electrons. The lowest BCUT2D eigenvalue weighted by atomic mass is 10.0. The van der Waals surface area contributed by atoms with Gasteiger partial charge < -0.3 is 55.3 Å². The highest BCUT2D eigenvalue weighted by molar-refractivity contribution is 8.00. The molecule has 0 aromatic carbocycles. The third-order valence-corrected chi connectivity index (χ3v) is 8.35. The maximum absolute atomic E-state index is 12.0. The first-order valence-electron chi connectivity index (χ1n) is 15.2. The second-order valence-corrected chi connectivity index (χ2v) is 11.7. The van der Waals surface area contributed by atoms with Gasteiger partial charge in [0.05, 0.1) is 38.5 Å². The number of aromatic hydroxyl groups is 2. The highest BCUT2D eigenvalue weighted by Crippen LogP contribution is 2.33. The van der Waals surface area contributed by atoms with E-state index in [4.69, 9.17) is 23.8 Å². The predicted molar refractivity (Wildman–Crippen MR) is 162 cm³/mol. The quantitative estimate of drug-likeness (QED) is 0.0623. The summed E-state index contributed by atoms with van der Waals surface area (Å²) in [6.07, 6.45) is 4.62. The summed E-state index contributed by atoms with van der Waals surface area (Å²) >= 11 is 1.89. The SMILES string of the molecule is O=C(CCCCC1SCC2NC(=O)NC21)NCCCOCCOCCOCCCNC(=O)COCC(=O)On1c(O)ccc1O. The second kappa shape index (κ2) is 20.7. The summed E-state index contributed by atoms with van der Waals surface area (Å²) in [5.41, 5.74) is 0. The minimum absolute atomic E-state index is 0.0528. The number of hydrogen-bond acceptors (Lipinski definition) is 12. The summed E-state index contributed by atoms with van der Waals surface area (Å²) in [5, 5.41) is 30.7. The van der Waals surface area contributed by atoms with Crippen LogP contribution in [0.3, 0.4) is 0 Å². The number of nitrogens with zero attached hydrogens (tertiary/aromatic N) is 1. The molecule has 45 heavy (non-hydrogen) atoms. The lowest BCUT2D eigenvalue weighted by Gasteiger charge is -2.16. The molecule has 1 aromatic rings. The minimum Gasteiger partial charge on any atom is -0.492 e. The smallest absolute Gasteiger partial charge is 0.358 e. The van der Waals surface area contributed by atoms with Crippen molar-refractivity contribution in [1.29, 1.82) is 0 Å². The van der Waals surface area contributed by atoms with Gasteiger partial charge >= 0.3 is 12.0 Å². The topological polar surface area (TPSA) is 208 Å². The monoisotopic (exact) mass is 659 g/mol. The number of urea groups is 1. The fourth-order valence-corrected chi connectivity index (χ4v) is 6.15. The van der Waals surface area contributed by atoms with Crippen LogP contribution < -0.4 is 26.1 Å². The first-order chi connectivity index (χ1) is 21.8. The van der Waals surface area contributed by atoms with E-state index in [9.17, 15) is 29.4 Å². The van der Waals surface area contributed by atoms with Crippen LogP contribution in [-0.4, -0.2) is 128 Å². The van der Waals surface area contributed by atoms with Crippen LogP contribution >= 0.6 is 11.8 Å². The van der Waals surface area contributed by atoms with Crippen LogP contribution in [0.25, 0.3) is 0 Å². The molecule has 2 aliphatic heterocycles. The third-order valence-electron chi connectivity index (χ3n) is 6.84. The number of nitrogens with one attached hydrogen (secondary N) is 4. The minimum atomic E-state index is -0.899. The van der Waals surface area contributed by atoms with Gasteiger partial charge in [-0.2, -0.15) is 11.8 Å². The lowest BCUT2D eigenvalue weighted by Crippen LogP contribution is -2.36. The van der Waals surface area contributed by atoms with E-state index < -0.39 is 30.2 Å². The molecule has 2 saturated heterocycles. The normalized spacial score (nSPS) is 18.7. The lowest BCUT2D eigenvalue weighted by molar-refractivity contribution is -0.151. The van der Waals surface area contributed by atoms with E-state index in [-0.39, 0.29) is 30.6 Å². The van der Waals surface area contributed by atoms with E-state index in [1.165, 1.54) is 0 Å². The maximum Gasteiger partial charge on any atom is 0.358 e. The zero-order valence-electron chi connectivity index (χ0n) is 25.3. The maximum atomic E-state index is 12.0. The zero-order valence-corrected chi connectivity index (χ0v) is 26.1. The number of rotatable bonds is 24. The Morgan fingerprint density at radius 2 is 1.44 bits per heavy atom. The molecule has 17 heteroatoms. The summed E-state index contributed by atoms with van der Waals surface area (Å²) in [5.74, 6) is -1.22. The number of carbonyl (C=O) groups is 4. The summed E-state index contributed by atoms with van der Waals surface area (Å²) in [7, 11) is 0. The third kappa shape index (κ3) is 14.2. The van der Waals surface area contributed by atoms with Crippen molar-refractivity contribution in [3.63, 3.8) is 0 Å². The number of hydrogen-bond donors (Lipinski definition) is 6. The highest BCUT2D eigenvalue weighted by atomic mass is 32.2. The highest BCUT2D eigenvalue weighted by Gasteiger charge is 2.42. The van der Waals surface area contributed by atoms with Gasteiger partial charge in [-0.3, -0.25) is 9.59 Å². The molecule has 3 unspecified atom stereocenters. The number of ether oxygens (including phenoxy) is 4.